The predicted molar refractivity (Wildman–Crippen MR) is 83.4 cm³/mol. The van der Waals surface area contributed by atoms with Crippen molar-refractivity contribution in [3.05, 3.63) is 59.0 Å². The standard InChI is InChI=1S/C17H13ClFNO/c1-10-9-13(11-5-3-7-14(19)16(11)18)12-6-4-8-15(21-2)17(12)20-10/h3-9H,1-2H3. The Morgan fingerprint density at radius 2 is 1.86 bits per heavy atom. The largest absolute Gasteiger partial charge is 0.494 e. The number of methoxy groups -OCH3 is 1. The van der Waals surface area contributed by atoms with Crippen molar-refractivity contribution < 1.29 is 9.13 Å². The van der Waals surface area contributed by atoms with Gasteiger partial charge in [0.1, 0.15) is 17.1 Å². The molecule has 0 aliphatic heterocycles. The molecule has 1 heterocycles. The van der Waals surface area contributed by atoms with E-state index in [0.717, 1.165) is 22.2 Å². The van der Waals surface area contributed by atoms with Gasteiger partial charge in [0, 0.05) is 16.6 Å². The van der Waals surface area contributed by atoms with Crippen LogP contribution in [0.2, 0.25) is 5.02 Å². The summed E-state index contributed by atoms with van der Waals surface area (Å²) in [6.45, 7) is 1.89. The van der Waals surface area contributed by atoms with Gasteiger partial charge >= 0.3 is 0 Å². The third-order valence-electron chi connectivity index (χ3n) is 3.39. The molecule has 0 saturated heterocycles. The van der Waals surface area contributed by atoms with Gasteiger partial charge in [0.05, 0.1) is 12.1 Å². The second-order valence-corrected chi connectivity index (χ2v) is 5.15. The van der Waals surface area contributed by atoms with E-state index in [-0.39, 0.29) is 5.02 Å². The van der Waals surface area contributed by atoms with Crippen molar-refractivity contribution in [3.8, 4) is 16.9 Å². The first kappa shape index (κ1) is 13.8. The van der Waals surface area contributed by atoms with Gasteiger partial charge in [-0.05, 0) is 30.7 Å². The summed E-state index contributed by atoms with van der Waals surface area (Å²) < 4.78 is 19.1. The van der Waals surface area contributed by atoms with Crippen LogP contribution in [0.4, 0.5) is 4.39 Å². The van der Waals surface area contributed by atoms with Crippen LogP contribution in [0.5, 0.6) is 5.75 Å². The molecule has 0 bridgehead atoms. The molecule has 0 N–H and O–H groups in total. The molecule has 21 heavy (non-hydrogen) atoms. The number of aromatic nitrogens is 1. The zero-order valence-corrected chi connectivity index (χ0v) is 12.4. The van der Waals surface area contributed by atoms with Crippen molar-refractivity contribution in [1.29, 1.82) is 0 Å². The molecule has 2 aromatic carbocycles. The second-order valence-electron chi connectivity index (χ2n) is 4.77. The quantitative estimate of drug-likeness (QED) is 0.663. The van der Waals surface area contributed by atoms with Crippen LogP contribution in [0.15, 0.2) is 42.5 Å². The monoisotopic (exact) mass is 301 g/mol. The maximum Gasteiger partial charge on any atom is 0.145 e. The number of pyridine rings is 1. The number of para-hydroxylation sites is 1. The fraction of sp³-hybridized carbons (Fsp3) is 0.118. The van der Waals surface area contributed by atoms with E-state index in [4.69, 9.17) is 16.3 Å². The van der Waals surface area contributed by atoms with E-state index in [0.29, 0.717) is 11.3 Å². The van der Waals surface area contributed by atoms with Gasteiger partial charge in [-0.25, -0.2) is 9.37 Å². The Balaban J connectivity index is 2.40. The third kappa shape index (κ3) is 2.34. The molecular formula is C17H13ClFNO. The van der Waals surface area contributed by atoms with Gasteiger partial charge in [-0.15, -0.1) is 0 Å². The van der Waals surface area contributed by atoms with Crippen LogP contribution in [0.25, 0.3) is 22.0 Å². The highest BCUT2D eigenvalue weighted by Crippen LogP contribution is 2.37. The number of halogens is 2. The SMILES string of the molecule is COc1cccc2c(-c3cccc(F)c3Cl)cc(C)nc12. The van der Waals surface area contributed by atoms with Gasteiger partial charge < -0.3 is 4.74 Å². The average molecular weight is 302 g/mol. The molecule has 1 aromatic heterocycles. The van der Waals surface area contributed by atoms with Crippen LogP contribution in [0, 0.1) is 12.7 Å². The normalized spacial score (nSPS) is 10.9. The number of hydrogen-bond donors (Lipinski definition) is 0. The first-order chi connectivity index (χ1) is 10.1. The number of rotatable bonds is 2. The molecule has 0 unspecified atom stereocenters. The van der Waals surface area contributed by atoms with E-state index in [1.165, 1.54) is 6.07 Å². The van der Waals surface area contributed by atoms with Gasteiger partial charge in [0.2, 0.25) is 0 Å². The van der Waals surface area contributed by atoms with Crippen molar-refractivity contribution in [2.45, 2.75) is 6.92 Å². The highest BCUT2D eigenvalue weighted by Gasteiger charge is 2.14. The molecule has 3 aromatic rings. The minimum atomic E-state index is -0.431. The third-order valence-corrected chi connectivity index (χ3v) is 3.78. The van der Waals surface area contributed by atoms with Crippen LogP contribution in [0.3, 0.4) is 0 Å². The molecule has 0 aliphatic rings. The Labute approximate surface area is 127 Å². The van der Waals surface area contributed by atoms with Crippen molar-refractivity contribution in [2.24, 2.45) is 0 Å². The van der Waals surface area contributed by atoms with E-state index in [2.05, 4.69) is 4.98 Å². The van der Waals surface area contributed by atoms with Gasteiger partial charge in [-0.1, -0.05) is 35.9 Å². The van der Waals surface area contributed by atoms with Crippen molar-refractivity contribution >= 4 is 22.5 Å². The molecule has 0 fully saturated rings. The summed E-state index contributed by atoms with van der Waals surface area (Å²) in [6, 6.07) is 12.4. The predicted octanol–water partition coefficient (Wildman–Crippen LogP) is 5.01. The fourth-order valence-corrected chi connectivity index (χ4v) is 2.68. The maximum absolute atomic E-state index is 13.7. The van der Waals surface area contributed by atoms with E-state index in [1.54, 1.807) is 19.2 Å². The summed E-state index contributed by atoms with van der Waals surface area (Å²) in [5.41, 5.74) is 3.07. The minimum Gasteiger partial charge on any atom is -0.494 e. The first-order valence-electron chi connectivity index (χ1n) is 6.50. The van der Waals surface area contributed by atoms with E-state index in [1.807, 2.05) is 31.2 Å². The molecule has 0 radical (unpaired) electrons. The maximum atomic E-state index is 13.7. The Bertz CT molecular complexity index is 832. The van der Waals surface area contributed by atoms with Crippen LogP contribution in [-0.2, 0) is 0 Å². The van der Waals surface area contributed by atoms with E-state index in [9.17, 15) is 4.39 Å². The molecule has 106 valence electrons. The highest BCUT2D eigenvalue weighted by atomic mass is 35.5. The zero-order valence-electron chi connectivity index (χ0n) is 11.7. The Morgan fingerprint density at radius 3 is 2.62 bits per heavy atom. The van der Waals surface area contributed by atoms with Crippen LogP contribution in [0.1, 0.15) is 5.69 Å². The van der Waals surface area contributed by atoms with Crippen LogP contribution >= 0.6 is 11.6 Å². The lowest BCUT2D eigenvalue weighted by molar-refractivity contribution is 0.419. The van der Waals surface area contributed by atoms with Gasteiger partial charge in [0.15, 0.2) is 0 Å². The number of aryl methyl sites for hydroxylation is 1. The molecule has 3 rings (SSSR count). The highest BCUT2D eigenvalue weighted by molar-refractivity contribution is 6.33. The lowest BCUT2D eigenvalue weighted by Gasteiger charge is -2.12. The van der Waals surface area contributed by atoms with Gasteiger partial charge in [0.25, 0.3) is 0 Å². The summed E-state index contributed by atoms with van der Waals surface area (Å²) in [4.78, 5) is 4.52. The molecule has 0 saturated carbocycles. The topological polar surface area (TPSA) is 22.1 Å². The van der Waals surface area contributed by atoms with Gasteiger partial charge in [-0.3, -0.25) is 0 Å². The molecule has 0 atom stereocenters. The first-order valence-corrected chi connectivity index (χ1v) is 6.88. The summed E-state index contributed by atoms with van der Waals surface area (Å²) in [7, 11) is 1.60. The summed E-state index contributed by atoms with van der Waals surface area (Å²) in [5.74, 6) is 0.254. The lowest BCUT2D eigenvalue weighted by atomic mass is 9.99. The Kier molecular flexibility index (Phi) is 3.52. The second kappa shape index (κ2) is 5.34. The Morgan fingerprint density at radius 1 is 1.10 bits per heavy atom. The van der Waals surface area contributed by atoms with E-state index >= 15 is 0 Å². The van der Waals surface area contributed by atoms with Crippen molar-refractivity contribution in [1.82, 2.24) is 4.98 Å². The zero-order chi connectivity index (χ0) is 15.0. The molecule has 0 aliphatic carbocycles. The smallest absolute Gasteiger partial charge is 0.145 e. The summed E-state index contributed by atoms with van der Waals surface area (Å²) >= 11 is 6.13. The number of fused-ring (bicyclic) bond motifs is 1. The van der Waals surface area contributed by atoms with Gasteiger partial charge in [-0.2, -0.15) is 0 Å². The number of nitrogens with zero attached hydrogens (tertiary/aromatic N) is 1. The average Bonchev–Trinajstić information content (AvgIpc) is 2.48. The summed E-state index contributed by atoms with van der Waals surface area (Å²) in [5, 5.41) is 1.000. The minimum absolute atomic E-state index is 0.118. The number of ether oxygens (including phenoxy) is 1. The van der Waals surface area contributed by atoms with Crippen LogP contribution < -0.4 is 4.74 Å². The van der Waals surface area contributed by atoms with E-state index < -0.39 is 5.82 Å². The Hall–Kier alpha value is -2.13. The van der Waals surface area contributed by atoms with Crippen LogP contribution in [-0.4, -0.2) is 12.1 Å². The molecule has 0 spiro atoms. The lowest BCUT2D eigenvalue weighted by Crippen LogP contribution is -1.93. The molecule has 0 amide bonds. The number of hydrogen-bond acceptors (Lipinski definition) is 2. The molecular weight excluding hydrogens is 289 g/mol. The van der Waals surface area contributed by atoms with Crippen molar-refractivity contribution in [3.63, 3.8) is 0 Å². The molecule has 4 heteroatoms. The fourth-order valence-electron chi connectivity index (χ4n) is 2.45. The summed E-state index contributed by atoms with van der Waals surface area (Å²) in [6.07, 6.45) is 0. The molecule has 2 nitrogen and oxygen atoms in total. The van der Waals surface area contributed by atoms with Crippen molar-refractivity contribution in [2.75, 3.05) is 7.11 Å². The number of benzene rings is 2.